The normalized spacial score (nSPS) is 23.7. The van der Waals surface area contributed by atoms with E-state index in [1.807, 2.05) is 0 Å². The SMILES string of the molecule is CC(=O)N(Cc1ccsc1)C1CC12CCNCC2.Cl. The van der Waals surface area contributed by atoms with Gasteiger partial charge in [-0.2, -0.15) is 11.3 Å². The van der Waals surface area contributed by atoms with Gasteiger partial charge in [0.15, 0.2) is 0 Å². The average molecular weight is 301 g/mol. The van der Waals surface area contributed by atoms with E-state index in [4.69, 9.17) is 0 Å². The number of halogens is 1. The molecule has 2 aliphatic rings. The van der Waals surface area contributed by atoms with Crippen LogP contribution in [-0.4, -0.2) is 29.9 Å². The molecule has 1 aliphatic carbocycles. The lowest BCUT2D eigenvalue weighted by Crippen LogP contribution is -2.38. The van der Waals surface area contributed by atoms with Crippen molar-refractivity contribution in [3.05, 3.63) is 22.4 Å². The summed E-state index contributed by atoms with van der Waals surface area (Å²) in [4.78, 5) is 14.0. The molecular formula is C14H21ClN2OS. The Morgan fingerprint density at radius 1 is 1.53 bits per heavy atom. The van der Waals surface area contributed by atoms with Gasteiger partial charge in [0.2, 0.25) is 5.91 Å². The molecule has 1 amide bonds. The molecule has 1 saturated carbocycles. The lowest BCUT2D eigenvalue weighted by Gasteiger charge is -2.28. The Labute approximate surface area is 124 Å². The van der Waals surface area contributed by atoms with Crippen molar-refractivity contribution in [1.82, 2.24) is 10.2 Å². The van der Waals surface area contributed by atoms with Gasteiger partial charge in [-0.1, -0.05) is 0 Å². The van der Waals surface area contributed by atoms with Crippen molar-refractivity contribution >= 4 is 29.7 Å². The Morgan fingerprint density at radius 2 is 2.26 bits per heavy atom. The van der Waals surface area contributed by atoms with Gasteiger partial charge in [0.05, 0.1) is 0 Å². The fraction of sp³-hybridized carbons (Fsp3) is 0.643. The Bertz CT molecular complexity index is 429. The van der Waals surface area contributed by atoms with Crippen LogP contribution in [-0.2, 0) is 11.3 Å². The molecule has 0 bridgehead atoms. The van der Waals surface area contributed by atoms with Gasteiger partial charge in [-0.05, 0) is 60.2 Å². The minimum Gasteiger partial charge on any atom is -0.335 e. The van der Waals surface area contributed by atoms with Gasteiger partial charge in [0.25, 0.3) is 0 Å². The quantitative estimate of drug-likeness (QED) is 0.931. The van der Waals surface area contributed by atoms with Crippen LogP contribution in [0.2, 0.25) is 0 Å². The summed E-state index contributed by atoms with van der Waals surface area (Å²) in [5.41, 5.74) is 1.71. The minimum absolute atomic E-state index is 0. The first-order valence-electron chi connectivity index (χ1n) is 6.70. The van der Waals surface area contributed by atoms with E-state index in [1.54, 1.807) is 18.3 Å². The molecule has 1 atom stereocenters. The van der Waals surface area contributed by atoms with Crippen molar-refractivity contribution < 1.29 is 4.79 Å². The van der Waals surface area contributed by atoms with Crippen LogP contribution in [0.3, 0.4) is 0 Å². The second-order valence-electron chi connectivity index (χ2n) is 5.61. The molecule has 19 heavy (non-hydrogen) atoms. The zero-order chi connectivity index (χ0) is 12.6. The lowest BCUT2D eigenvalue weighted by atomic mass is 9.93. The summed E-state index contributed by atoms with van der Waals surface area (Å²) in [5, 5.41) is 7.64. The molecule has 1 aliphatic heterocycles. The van der Waals surface area contributed by atoms with Gasteiger partial charge in [-0.15, -0.1) is 12.4 Å². The van der Waals surface area contributed by atoms with Gasteiger partial charge in [0, 0.05) is 19.5 Å². The van der Waals surface area contributed by atoms with E-state index in [0.717, 1.165) is 19.6 Å². The maximum absolute atomic E-state index is 11.9. The number of hydrogen-bond donors (Lipinski definition) is 1. The molecule has 0 radical (unpaired) electrons. The van der Waals surface area contributed by atoms with Crippen LogP contribution in [0.15, 0.2) is 16.8 Å². The molecular weight excluding hydrogens is 280 g/mol. The van der Waals surface area contributed by atoms with Crippen LogP contribution in [0.4, 0.5) is 0 Å². The van der Waals surface area contributed by atoms with Gasteiger partial charge >= 0.3 is 0 Å². The Kier molecular flexibility index (Phi) is 4.54. The molecule has 1 saturated heterocycles. The smallest absolute Gasteiger partial charge is 0.220 e. The Morgan fingerprint density at radius 3 is 2.84 bits per heavy atom. The van der Waals surface area contributed by atoms with Crippen LogP contribution in [0.25, 0.3) is 0 Å². The number of carbonyl (C=O) groups is 1. The number of piperidine rings is 1. The first-order chi connectivity index (χ1) is 8.71. The molecule has 2 fully saturated rings. The van der Waals surface area contributed by atoms with Gasteiger partial charge < -0.3 is 10.2 Å². The third-order valence-electron chi connectivity index (χ3n) is 4.46. The maximum Gasteiger partial charge on any atom is 0.220 e. The van der Waals surface area contributed by atoms with Gasteiger partial charge in [0.1, 0.15) is 0 Å². The van der Waals surface area contributed by atoms with Crippen molar-refractivity contribution in [1.29, 1.82) is 0 Å². The van der Waals surface area contributed by atoms with E-state index in [-0.39, 0.29) is 18.3 Å². The number of hydrogen-bond acceptors (Lipinski definition) is 3. The van der Waals surface area contributed by atoms with E-state index in [0.29, 0.717) is 11.5 Å². The highest BCUT2D eigenvalue weighted by Gasteiger charge is 2.57. The van der Waals surface area contributed by atoms with E-state index in [2.05, 4.69) is 27.0 Å². The fourth-order valence-corrected chi connectivity index (χ4v) is 3.91. The summed E-state index contributed by atoms with van der Waals surface area (Å²) < 4.78 is 0. The van der Waals surface area contributed by atoms with Crippen LogP contribution in [0.1, 0.15) is 31.7 Å². The summed E-state index contributed by atoms with van der Waals surface area (Å²) >= 11 is 1.70. The highest BCUT2D eigenvalue weighted by Crippen LogP contribution is 2.56. The molecule has 1 unspecified atom stereocenters. The maximum atomic E-state index is 11.9. The number of nitrogens with one attached hydrogen (secondary N) is 1. The predicted molar refractivity (Wildman–Crippen MR) is 80.7 cm³/mol. The molecule has 1 aromatic heterocycles. The second kappa shape index (κ2) is 5.81. The summed E-state index contributed by atoms with van der Waals surface area (Å²) in [6.45, 7) is 4.72. The summed E-state index contributed by atoms with van der Waals surface area (Å²) in [5.74, 6) is 0.224. The largest absolute Gasteiger partial charge is 0.335 e. The van der Waals surface area contributed by atoms with Crippen molar-refractivity contribution in [3.63, 3.8) is 0 Å². The number of rotatable bonds is 3. The number of amides is 1. The standard InChI is InChI=1S/C14H20N2OS.ClH/c1-11(17)16(9-12-2-7-18-10-12)13-8-14(13)3-5-15-6-4-14;/h2,7,10,13,15H,3-6,8-9H2,1H3;1H. The molecule has 2 heterocycles. The van der Waals surface area contributed by atoms with E-state index in [1.165, 1.54) is 24.8 Å². The van der Waals surface area contributed by atoms with Crippen molar-refractivity contribution in [2.24, 2.45) is 5.41 Å². The summed E-state index contributed by atoms with van der Waals surface area (Å²) in [6, 6.07) is 2.61. The van der Waals surface area contributed by atoms with E-state index < -0.39 is 0 Å². The molecule has 0 aromatic carbocycles. The number of carbonyl (C=O) groups excluding carboxylic acids is 1. The van der Waals surface area contributed by atoms with Crippen LogP contribution < -0.4 is 5.32 Å². The highest BCUT2D eigenvalue weighted by molar-refractivity contribution is 7.07. The Balaban J connectivity index is 0.00000133. The van der Waals surface area contributed by atoms with Gasteiger partial charge in [-0.25, -0.2) is 0 Å². The molecule has 1 N–H and O–H groups in total. The number of nitrogens with zero attached hydrogens (tertiary/aromatic N) is 1. The zero-order valence-corrected chi connectivity index (χ0v) is 12.9. The van der Waals surface area contributed by atoms with Crippen molar-refractivity contribution in [3.8, 4) is 0 Å². The van der Waals surface area contributed by atoms with Crippen LogP contribution in [0, 0.1) is 5.41 Å². The fourth-order valence-electron chi connectivity index (χ4n) is 3.25. The monoisotopic (exact) mass is 300 g/mol. The zero-order valence-electron chi connectivity index (χ0n) is 11.2. The van der Waals surface area contributed by atoms with Crippen molar-refractivity contribution in [2.75, 3.05) is 13.1 Å². The van der Waals surface area contributed by atoms with E-state index in [9.17, 15) is 4.79 Å². The summed E-state index contributed by atoms with van der Waals surface area (Å²) in [6.07, 6.45) is 3.66. The average Bonchev–Trinajstić information content (AvgIpc) is 2.82. The first-order valence-corrected chi connectivity index (χ1v) is 7.65. The molecule has 1 aromatic rings. The topological polar surface area (TPSA) is 32.3 Å². The first kappa shape index (κ1) is 14.8. The van der Waals surface area contributed by atoms with Gasteiger partial charge in [-0.3, -0.25) is 4.79 Å². The Hall–Kier alpha value is -0.580. The summed E-state index contributed by atoms with van der Waals surface area (Å²) in [7, 11) is 0. The van der Waals surface area contributed by atoms with E-state index >= 15 is 0 Å². The lowest BCUT2D eigenvalue weighted by molar-refractivity contribution is -0.130. The van der Waals surface area contributed by atoms with Crippen LogP contribution in [0.5, 0.6) is 0 Å². The van der Waals surface area contributed by atoms with Crippen molar-refractivity contribution in [2.45, 2.75) is 38.8 Å². The molecule has 5 heteroatoms. The third-order valence-corrected chi connectivity index (χ3v) is 5.19. The molecule has 3 nitrogen and oxygen atoms in total. The third kappa shape index (κ3) is 2.96. The molecule has 3 rings (SSSR count). The molecule has 1 spiro atoms. The second-order valence-corrected chi connectivity index (χ2v) is 6.39. The predicted octanol–water partition coefficient (Wildman–Crippen LogP) is 2.66. The molecule has 106 valence electrons. The number of thiophene rings is 1. The van der Waals surface area contributed by atoms with Crippen LogP contribution >= 0.6 is 23.7 Å². The highest BCUT2D eigenvalue weighted by atomic mass is 35.5. The minimum atomic E-state index is 0.